The van der Waals surface area contributed by atoms with Crippen LogP contribution in [0, 0.1) is 0 Å². The number of hydrogen-bond donors (Lipinski definition) is 2. The number of carbonyl (C=O) groups excluding carboxylic acids is 1. The number of amides is 1. The van der Waals surface area contributed by atoms with Crippen LogP contribution in [0.2, 0.25) is 0 Å². The molecule has 0 aromatic heterocycles. The van der Waals surface area contributed by atoms with Crippen LogP contribution in [-0.4, -0.2) is 19.1 Å². The van der Waals surface area contributed by atoms with Crippen molar-refractivity contribution in [3.63, 3.8) is 0 Å². The largest absolute Gasteiger partial charge is 0.354 e. The van der Waals surface area contributed by atoms with Crippen molar-refractivity contribution in [2.75, 3.05) is 13.2 Å². The molecule has 0 bridgehead atoms. The molecular formula is C5H12N2O2. The lowest BCUT2D eigenvalue weighted by Gasteiger charge is -1.99. The maximum atomic E-state index is 10.5. The van der Waals surface area contributed by atoms with Crippen molar-refractivity contribution in [1.82, 2.24) is 5.32 Å². The van der Waals surface area contributed by atoms with E-state index in [4.69, 9.17) is 0 Å². The molecule has 0 heterocycles. The van der Waals surface area contributed by atoms with Crippen LogP contribution in [0.25, 0.3) is 0 Å². The Bertz CT molecular complexity index is 85.0. The highest BCUT2D eigenvalue weighted by molar-refractivity contribution is 5.76. The quantitative estimate of drug-likeness (QED) is 0.502. The maximum Gasteiger partial charge on any atom is 0.248 e. The van der Waals surface area contributed by atoms with Crippen LogP contribution < -0.4 is 11.2 Å². The second-order valence-corrected chi connectivity index (χ2v) is 1.66. The van der Waals surface area contributed by atoms with Crippen molar-refractivity contribution in [2.24, 2.45) is 5.90 Å². The standard InChI is InChI=1S/C5H12N2O2/c1-2-3-7-5(8)4-9-6/h2-4,6H2,1H3,(H,7,8). The van der Waals surface area contributed by atoms with Gasteiger partial charge in [0.25, 0.3) is 0 Å². The van der Waals surface area contributed by atoms with E-state index in [9.17, 15) is 4.79 Å². The van der Waals surface area contributed by atoms with Gasteiger partial charge in [-0.25, -0.2) is 5.90 Å². The molecule has 0 radical (unpaired) electrons. The van der Waals surface area contributed by atoms with Gasteiger partial charge in [-0.05, 0) is 6.42 Å². The highest BCUT2D eigenvalue weighted by atomic mass is 16.6. The number of nitrogens with two attached hydrogens (primary N) is 1. The van der Waals surface area contributed by atoms with Gasteiger partial charge in [-0.1, -0.05) is 6.92 Å². The smallest absolute Gasteiger partial charge is 0.248 e. The van der Waals surface area contributed by atoms with Gasteiger partial charge >= 0.3 is 0 Å². The average Bonchev–Trinajstić information content (AvgIpc) is 1.85. The van der Waals surface area contributed by atoms with E-state index < -0.39 is 0 Å². The molecule has 0 saturated carbocycles. The third-order valence-electron chi connectivity index (χ3n) is 0.787. The van der Waals surface area contributed by atoms with Crippen LogP contribution in [0.5, 0.6) is 0 Å². The first-order valence-electron chi connectivity index (χ1n) is 2.89. The predicted molar refractivity (Wildman–Crippen MR) is 33.4 cm³/mol. The summed E-state index contributed by atoms with van der Waals surface area (Å²) in [7, 11) is 0. The monoisotopic (exact) mass is 132 g/mol. The molecule has 0 aliphatic heterocycles. The van der Waals surface area contributed by atoms with Gasteiger partial charge < -0.3 is 5.32 Å². The molecule has 0 spiro atoms. The van der Waals surface area contributed by atoms with E-state index in [-0.39, 0.29) is 12.5 Å². The minimum Gasteiger partial charge on any atom is -0.354 e. The summed E-state index contributed by atoms with van der Waals surface area (Å²) < 4.78 is 0. The molecule has 9 heavy (non-hydrogen) atoms. The summed E-state index contributed by atoms with van der Waals surface area (Å²) in [5.41, 5.74) is 0. The Balaban J connectivity index is 3.06. The van der Waals surface area contributed by atoms with Gasteiger partial charge in [-0.2, -0.15) is 0 Å². The molecule has 54 valence electrons. The number of rotatable bonds is 4. The van der Waals surface area contributed by atoms with Crippen molar-refractivity contribution in [3.8, 4) is 0 Å². The van der Waals surface area contributed by atoms with Gasteiger partial charge in [0.2, 0.25) is 5.91 Å². The van der Waals surface area contributed by atoms with E-state index in [1.54, 1.807) is 0 Å². The predicted octanol–water partition coefficient (Wildman–Crippen LogP) is -0.597. The van der Waals surface area contributed by atoms with Crippen molar-refractivity contribution in [2.45, 2.75) is 13.3 Å². The van der Waals surface area contributed by atoms with Crippen LogP contribution in [0.4, 0.5) is 0 Å². The first-order valence-corrected chi connectivity index (χ1v) is 2.89. The van der Waals surface area contributed by atoms with Gasteiger partial charge in [0.1, 0.15) is 6.61 Å². The molecule has 0 aromatic carbocycles. The lowest BCUT2D eigenvalue weighted by atomic mass is 10.5. The molecule has 3 N–H and O–H groups in total. The lowest BCUT2D eigenvalue weighted by molar-refractivity contribution is -0.125. The van der Waals surface area contributed by atoms with Crippen molar-refractivity contribution < 1.29 is 9.63 Å². The Labute approximate surface area is 54.3 Å². The Morgan fingerprint density at radius 1 is 1.78 bits per heavy atom. The molecule has 4 heteroatoms. The second kappa shape index (κ2) is 5.53. The summed E-state index contributed by atoms with van der Waals surface area (Å²) in [6.07, 6.45) is 0.927. The van der Waals surface area contributed by atoms with Gasteiger partial charge in [-0.15, -0.1) is 0 Å². The zero-order chi connectivity index (χ0) is 7.11. The van der Waals surface area contributed by atoms with E-state index in [2.05, 4.69) is 16.1 Å². The average molecular weight is 132 g/mol. The minimum absolute atomic E-state index is 0.0556. The molecule has 0 aliphatic carbocycles. The fourth-order valence-corrected chi connectivity index (χ4v) is 0.391. The van der Waals surface area contributed by atoms with E-state index in [1.807, 2.05) is 6.92 Å². The van der Waals surface area contributed by atoms with E-state index in [1.165, 1.54) is 0 Å². The zero-order valence-corrected chi connectivity index (χ0v) is 5.52. The van der Waals surface area contributed by atoms with Crippen LogP contribution in [0.15, 0.2) is 0 Å². The molecule has 0 rings (SSSR count). The lowest BCUT2D eigenvalue weighted by Crippen LogP contribution is -2.29. The highest BCUT2D eigenvalue weighted by Gasteiger charge is 1.95. The number of hydrogen-bond acceptors (Lipinski definition) is 3. The fourth-order valence-electron chi connectivity index (χ4n) is 0.391. The summed E-state index contributed by atoms with van der Waals surface area (Å²) >= 11 is 0. The molecule has 0 fully saturated rings. The van der Waals surface area contributed by atoms with Gasteiger partial charge in [0, 0.05) is 6.54 Å². The molecule has 0 aromatic rings. The third kappa shape index (κ3) is 5.26. The van der Waals surface area contributed by atoms with Crippen LogP contribution >= 0.6 is 0 Å². The SMILES string of the molecule is CCCNC(=O)CON. The van der Waals surface area contributed by atoms with Crippen molar-refractivity contribution >= 4 is 5.91 Å². The molecule has 0 atom stereocenters. The van der Waals surface area contributed by atoms with E-state index in [0.29, 0.717) is 6.54 Å². The molecule has 0 unspecified atom stereocenters. The summed E-state index contributed by atoms with van der Waals surface area (Å²) in [5.74, 6) is 4.47. The maximum absolute atomic E-state index is 10.5. The Morgan fingerprint density at radius 3 is 2.89 bits per heavy atom. The highest BCUT2D eigenvalue weighted by Crippen LogP contribution is 1.70. The molecule has 1 amide bonds. The number of carbonyl (C=O) groups is 1. The van der Waals surface area contributed by atoms with Gasteiger partial charge in [-0.3, -0.25) is 9.63 Å². The topological polar surface area (TPSA) is 64.3 Å². The van der Waals surface area contributed by atoms with Crippen LogP contribution in [-0.2, 0) is 9.63 Å². The zero-order valence-electron chi connectivity index (χ0n) is 5.52. The van der Waals surface area contributed by atoms with E-state index >= 15 is 0 Å². The van der Waals surface area contributed by atoms with Gasteiger partial charge in [0.05, 0.1) is 0 Å². The van der Waals surface area contributed by atoms with Crippen molar-refractivity contribution in [3.05, 3.63) is 0 Å². The molecule has 0 aliphatic rings. The molecular weight excluding hydrogens is 120 g/mol. The van der Waals surface area contributed by atoms with Crippen LogP contribution in [0.3, 0.4) is 0 Å². The number of nitrogens with one attached hydrogen (secondary N) is 1. The van der Waals surface area contributed by atoms with Crippen LogP contribution in [0.1, 0.15) is 13.3 Å². The Morgan fingerprint density at radius 2 is 2.44 bits per heavy atom. The minimum atomic E-state index is -0.167. The van der Waals surface area contributed by atoms with Crippen molar-refractivity contribution in [1.29, 1.82) is 0 Å². The van der Waals surface area contributed by atoms with Gasteiger partial charge in [0.15, 0.2) is 0 Å². The summed E-state index contributed by atoms with van der Waals surface area (Å²) in [6, 6.07) is 0. The Hall–Kier alpha value is -0.610. The molecule has 0 saturated heterocycles. The summed E-state index contributed by atoms with van der Waals surface area (Å²) in [6.45, 7) is 2.60. The Kier molecular flexibility index (Phi) is 5.15. The first kappa shape index (κ1) is 8.39. The normalized spacial score (nSPS) is 9.11. The summed E-state index contributed by atoms with van der Waals surface area (Å²) in [5, 5.41) is 2.59. The molecule has 4 nitrogen and oxygen atoms in total. The first-order chi connectivity index (χ1) is 4.31. The fraction of sp³-hybridized carbons (Fsp3) is 0.800. The second-order valence-electron chi connectivity index (χ2n) is 1.66. The summed E-state index contributed by atoms with van der Waals surface area (Å²) in [4.78, 5) is 14.6. The third-order valence-corrected chi connectivity index (χ3v) is 0.787. The van der Waals surface area contributed by atoms with E-state index in [0.717, 1.165) is 6.42 Å².